The maximum Gasteiger partial charge on any atom is 0.300 e. The van der Waals surface area contributed by atoms with Crippen molar-refractivity contribution in [3.63, 3.8) is 0 Å². The molecule has 1 N–H and O–H groups in total. The molecule has 0 bridgehead atoms. The van der Waals surface area contributed by atoms with Crippen molar-refractivity contribution in [1.82, 2.24) is 0 Å². The SMILES string of the molecule is COc1ccc(N2C(=O)C(=O)/C(=C(/O)c3ccc(F)cc3)[C@H]2c2ccc([N+](=O)[O-])cc2)cc1. The normalized spacial score (nSPS) is 17.3. The molecule has 0 spiro atoms. The number of halogens is 1. The van der Waals surface area contributed by atoms with Gasteiger partial charge in [-0.05, 0) is 66.2 Å². The molecule has 4 rings (SSSR count). The molecule has 166 valence electrons. The third-order valence-corrected chi connectivity index (χ3v) is 5.33. The Hall–Kier alpha value is -4.53. The van der Waals surface area contributed by atoms with E-state index in [1.54, 1.807) is 24.3 Å². The Balaban J connectivity index is 1.91. The Bertz CT molecular complexity index is 1270. The molecule has 1 aliphatic heterocycles. The molecule has 0 aliphatic carbocycles. The van der Waals surface area contributed by atoms with Crippen molar-refractivity contribution in [1.29, 1.82) is 0 Å². The van der Waals surface area contributed by atoms with Gasteiger partial charge in [0.15, 0.2) is 0 Å². The fraction of sp³-hybridized carbons (Fsp3) is 0.0833. The summed E-state index contributed by atoms with van der Waals surface area (Å²) in [4.78, 5) is 37.8. The van der Waals surface area contributed by atoms with Crippen LogP contribution in [0.3, 0.4) is 0 Å². The van der Waals surface area contributed by atoms with Crippen LogP contribution in [0.4, 0.5) is 15.8 Å². The molecule has 9 heteroatoms. The number of rotatable bonds is 5. The van der Waals surface area contributed by atoms with E-state index < -0.39 is 34.2 Å². The number of carbonyl (C=O) groups excluding carboxylic acids is 2. The van der Waals surface area contributed by atoms with E-state index in [4.69, 9.17) is 4.74 Å². The summed E-state index contributed by atoms with van der Waals surface area (Å²) in [6.45, 7) is 0. The van der Waals surface area contributed by atoms with Gasteiger partial charge in [0.1, 0.15) is 17.3 Å². The Morgan fingerprint density at radius 1 is 1.00 bits per heavy atom. The molecule has 0 aromatic heterocycles. The number of benzene rings is 3. The van der Waals surface area contributed by atoms with E-state index >= 15 is 0 Å². The molecule has 3 aromatic carbocycles. The second-order valence-electron chi connectivity index (χ2n) is 7.22. The van der Waals surface area contributed by atoms with Crippen LogP contribution >= 0.6 is 0 Å². The van der Waals surface area contributed by atoms with Gasteiger partial charge in [-0.15, -0.1) is 0 Å². The van der Waals surface area contributed by atoms with E-state index in [-0.39, 0.29) is 16.8 Å². The lowest BCUT2D eigenvalue weighted by Gasteiger charge is -2.25. The first kappa shape index (κ1) is 21.7. The molecule has 1 fully saturated rings. The summed E-state index contributed by atoms with van der Waals surface area (Å²) in [7, 11) is 1.49. The van der Waals surface area contributed by atoms with Gasteiger partial charge in [0.05, 0.1) is 23.6 Å². The van der Waals surface area contributed by atoms with Crippen molar-refractivity contribution < 1.29 is 28.7 Å². The first-order valence-electron chi connectivity index (χ1n) is 9.77. The van der Waals surface area contributed by atoms with Crippen molar-refractivity contribution in [3.8, 4) is 5.75 Å². The fourth-order valence-corrected chi connectivity index (χ4v) is 3.70. The summed E-state index contributed by atoms with van der Waals surface area (Å²) >= 11 is 0. The number of Topliss-reactive ketones (excluding diaryl/α,β-unsaturated/α-hetero) is 1. The number of hydrogen-bond acceptors (Lipinski definition) is 6. The van der Waals surface area contributed by atoms with Crippen LogP contribution in [0.15, 0.2) is 78.4 Å². The van der Waals surface area contributed by atoms with E-state index in [1.807, 2.05) is 0 Å². The summed E-state index contributed by atoms with van der Waals surface area (Å²) in [5, 5.41) is 22.0. The second-order valence-corrected chi connectivity index (χ2v) is 7.22. The highest BCUT2D eigenvalue weighted by molar-refractivity contribution is 6.51. The van der Waals surface area contributed by atoms with Gasteiger partial charge < -0.3 is 9.84 Å². The standard InChI is InChI=1S/C24H17FN2O6/c1-33-19-12-10-17(11-13-19)26-21(14-4-8-18(9-5-14)27(31)32)20(23(29)24(26)30)22(28)15-2-6-16(25)7-3-15/h2-13,21,28H,1H3/b22-20+/t21-/m1/s1. The predicted octanol–water partition coefficient (Wildman–Crippen LogP) is 4.37. The molecular formula is C24H17FN2O6. The maximum absolute atomic E-state index is 13.4. The zero-order valence-corrected chi connectivity index (χ0v) is 17.3. The molecule has 1 saturated heterocycles. The first-order chi connectivity index (χ1) is 15.8. The van der Waals surface area contributed by atoms with Crippen LogP contribution in [-0.2, 0) is 9.59 Å². The lowest BCUT2D eigenvalue weighted by molar-refractivity contribution is -0.384. The molecule has 33 heavy (non-hydrogen) atoms. The number of ketones is 1. The number of anilines is 1. The molecule has 8 nitrogen and oxygen atoms in total. The molecule has 1 aliphatic rings. The zero-order valence-electron chi connectivity index (χ0n) is 17.3. The average molecular weight is 448 g/mol. The minimum absolute atomic E-state index is 0.149. The van der Waals surface area contributed by atoms with Gasteiger partial charge in [-0.3, -0.25) is 24.6 Å². The Kier molecular flexibility index (Phi) is 5.61. The number of nitro benzene ring substituents is 1. The quantitative estimate of drug-likeness (QED) is 0.204. The van der Waals surface area contributed by atoms with Crippen molar-refractivity contribution in [2.24, 2.45) is 0 Å². The second kappa shape index (κ2) is 8.54. The van der Waals surface area contributed by atoms with Crippen LogP contribution in [0.5, 0.6) is 5.75 Å². The topological polar surface area (TPSA) is 110 Å². The smallest absolute Gasteiger partial charge is 0.300 e. The molecule has 1 amide bonds. The monoisotopic (exact) mass is 448 g/mol. The molecule has 3 aromatic rings. The highest BCUT2D eigenvalue weighted by Crippen LogP contribution is 2.42. The molecular weight excluding hydrogens is 431 g/mol. The number of amides is 1. The minimum Gasteiger partial charge on any atom is -0.507 e. The minimum atomic E-state index is -1.07. The summed E-state index contributed by atoms with van der Waals surface area (Å²) in [5.74, 6) is -2.29. The third kappa shape index (κ3) is 3.91. The van der Waals surface area contributed by atoms with Gasteiger partial charge in [0.2, 0.25) is 0 Å². The maximum atomic E-state index is 13.4. The molecule has 0 radical (unpaired) electrons. The van der Waals surface area contributed by atoms with Crippen LogP contribution < -0.4 is 9.64 Å². The molecule has 0 saturated carbocycles. The average Bonchev–Trinajstić information content (AvgIpc) is 3.09. The Labute approximate surface area is 187 Å². The van der Waals surface area contributed by atoms with Crippen LogP contribution in [0.1, 0.15) is 17.2 Å². The lowest BCUT2D eigenvalue weighted by Crippen LogP contribution is -2.29. The number of nitrogens with zero attached hydrogens (tertiary/aromatic N) is 2. The largest absolute Gasteiger partial charge is 0.507 e. The number of hydrogen-bond donors (Lipinski definition) is 1. The third-order valence-electron chi connectivity index (χ3n) is 5.33. The van der Waals surface area contributed by atoms with Crippen molar-refractivity contribution in [3.05, 3.63) is 105 Å². The van der Waals surface area contributed by atoms with Crippen LogP contribution in [0, 0.1) is 15.9 Å². The van der Waals surface area contributed by atoms with E-state index in [0.717, 1.165) is 12.1 Å². The van der Waals surface area contributed by atoms with Gasteiger partial charge >= 0.3 is 0 Å². The van der Waals surface area contributed by atoms with Gasteiger partial charge in [-0.2, -0.15) is 0 Å². The molecule has 1 atom stereocenters. The summed E-state index contributed by atoms with van der Waals surface area (Å²) in [6.07, 6.45) is 0. The zero-order chi connectivity index (χ0) is 23.7. The number of aliphatic hydroxyl groups is 1. The van der Waals surface area contributed by atoms with Crippen LogP contribution in [-0.4, -0.2) is 28.8 Å². The summed E-state index contributed by atoms with van der Waals surface area (Å²) < 4.78 is 18.5. The number of carbonyl (C=O) groups is 2. The Morgan fingerprint density at radius 2 is 1.61 bits per heavy atom. The van der Waals surface area contributed by atoms with E-state index in [1.165, 1.54) is 48.4 Å². The predicted molar refractivity (Wildman–Crippen MR) is 117 cm³/mol. The molecule has 1 heterocycles. The van der Waals surface area contributed by atoms with Crippen LogP contribution in [0.25, 0.3) is 5.76 Å². The molecule has 0 unspecified atom stereocenters. The highest BCUT2D eigenvalue weighted by Gasteiger charge is 2.47. The van der Waals surface area contributed by atoms with Crippen molar-refractivity contribution in [2.75, 3.05) is 12.0 Å². The fourth-order valence-electron chi connectivity index (χ4n) is 3.70. The number of aliphatic hydroxyl groups excluding tert-OH is 1. The van der Waals surface area contributed by atoms with E-state index in [9.17, 15) is 29.2 Å². The van der Waals surface area contributed by atoms with E-state index in [2.05, 4.69) is 0 Å². The van der Waals surface area contributed by atoms with Crippen LogP contribution in [0.2, 0.25) is 0 Å². The number of nitro groups is 1. The number of methoxy groups -OCH3 is 1. The number of ether oxygens (including phenoxy) is 1. The van der Waals surface area contributed by atoms with Crippen molar-refractivity contribution in [2.45, 2.75) is 6.04 Å². The number of non-ortho nitro benzene ring substituents is 1. The van der Waals surface area contributed by atoms with Gasteiger partial charge in [0, 0.05) is 23.4 Å². The van der Waals surface area contributed by atoms with Gasteiger partial charge in [0.25, 0.3) is 17.4 Å². The van der Waals surface area contributed by atoms with E-state index in [0.29, 0.717) is 17.0 Å². The first-order valence-corrected chi connectivity index (χ1v) is 9.77. The summed E-state index contributed by atoms with van der Waals surface area (Å²) in [6, 6.07) is 15.5. The highest BCUT2D eigenvalue weighted by atomic mass is 19.1. The Morgan fingerprint density at radius 3 is 2.15 bits per heavy atom. The van der Waals surface area contributed by atoms with Gasteiger partial charge in [-0.1, -0.05) is 0 Å². The van der Waals surface area contributed by atoms with Crippen molar-refractivity contribution >= 4 is 28.8 Å². The van der Waals surface area contributed by atoms with Gasteiger partial charge in [-0.25, -0.2) is 4.39 Å². The lowest BCUT2D eigenvalue weighted by atomic mass is 9.95. The summed E-state index contributed by atoms with van der Waals surface area (Å²) in [5.41, 5.74) is 0.504.